The summed E-state index contributed by atoms with van der Waals surface area (Å²) >= 11 is 0. The molecule has 0 atom stereocenters. The molecule has 7 heteroatoms. The Balaban J connectivity index is 1.28. The zero-order valence-corrected chi connectivity index (χ0v) is 16.6. The SMILES string of the molecule is Cn1cc(-c2cc3cc(CC(=O)C4CCN(C5COC5)CC4)ncc3cn2)cn1. The van der Waals surface area contributed by atoms with E-state index in [0.717, 1.165) is 66.9 Å². The van der Waals surface area contributed by atoms with Crippen LogP contribution in [0.15, 0.2) is 36.9 Å². The van der Waals surface area contributed by atoms with Gasteiger partial charge in [-0.05, 0) is 43.5 Å². The molecule has 0 unspecified atom stereocenters. The Bertz CT molecular complexity index is 1030. The summed E-state index contributed by atoms with van der Waals surface area (Å²) in [5, 5.41) is 6.25. The van der Waals surface area contributed by atoms with Crippen LogP contribution in [0.25, 0.3) is 22.0 Å². The summed E-state index contributed by atoms with van der Waals surface area (Å²) in [6.07, 6.45) is 9.69. The van der Waals surface area contributed by atoms with Gasteiger partial charge in [-0.15, -0.1) is 0 Å². The summed E-state index contributed by atoms with van der Waals surface area (Å²) in [5.41, 5.74) is 2.69. The highest BCUT2D eigenvalue weighted by molar-refractivity contribution is 5.87. The van der Waals surface area contributed by atoms with Gasteiger partial charge in [0.1, 0.15) is 5.78 Å². The second kappa shape index (κ2) is 7.65. The molecule has 150 valence electrons. The highest BCUT2D eigenvalue weighted by Crippen LogP contribution is 2.25. The molecule has 29 heavy (non-hydrogen) atoms. The number of hydrogen-bond donors (Lipinski definition) is 0. The summed E-state index contributed by atoms with van der Waals surface area (Å²) < 4.78 is 7.05. The predicted octanol–water partition coefficient (Wildman–Crippen LogP) is 2.25. The average molecular weight is 391 g/mol. The fraction of sp³-hybridized carbons (Fsp3) is 0.455. The number of carbonyl (C=O) groups is 1. The molecule has 5 heterocycles. The van der Waals surface area contributed by atoms with Crippen molar-refractivity contribution in [1.29, 1.82) is 0 Å². The van der Waals surface area contributed by atoms with Crippen LogP contribution >= 0.6 is 0 Å². The standard InChI is InChI=1S/C22H25N5O2/c1-26-12-18(11-25-26)21-7-16-6-19(23-9-17(16)10-24-21)8-22(28)15-2-4-27(5-3-15)20-13-29-14-20/h6-7,9-12,15,20H,2-5,8,13-14H2,1H3. The van der Waals surface area contributed by atoms with Gasteiger partial charge in [-0.1, -0.05) is 0 Å². The van der Waals surface area contributed by atoms with Gasteiger partial charge in [-0.25, -0.2) is 0 Å². The lowest BCUT2D eigenvalue weighted by molar-refractivity contribution is -0.125. The number of rotatable bonds is 5. The van der Waals surface area contributed by atoms with Crippen LogP contribution < -0.4 is 0 Å². The van der Waals surface area contributed by atoms with E-state index < -0.39 is 0 Å². The summed E-state index contributed by atoms with van der Waals surface area (Å²) in [4.78, 5) is 24.3. The van der Waals surface area contributed by atoms with Crippen molar-refractivity contribution in [2.45, 2.75) is 25.3 Å². The summed E-state index contributed by atoms with van der Waals surface area (Å²) in [6.45, 7) is 3.68. The van der Waals surface area contributed by atoms with Crippen LogP contribution in [-0.2, 0) is 23.0 Å². The molecule has 0 amide bonds. The molecule has 0 spiro atoms. The quantitative estimate of drug-likeness (QED) is 0.664. The largest absolute Gasteiger partial charge is 0.378 e. The highest BCUT2D eigenvalue weighted by atomic mass is 16.5. The molecule has 2 aliphatic rings. The van der Waals surface area contributed by atoms with Crippen LogP contribution in [0.2, 0.25) is 0 Å². The summed E-state index contributed by atoms with van der Waals surface area (Å²) in [7, 11) is 1.89. The van der Waals surface area contributed by atoms with E-state index in [1.807, 2.05) is 44.0 Å². The average Bonchev–Trinajstić information content (AvgIpc) is 3.13. The minimum atomic E-state index is 0.146. The van der Waals surface area contributed by atoms with Crippen LogP contribution in [-0.4, -0.2) is 62.8 Å². The number of hydrogen-bond acceptors (Lipinski definition) is 6. The zero-order chi connectivity index (χ0) is 19.8. The first-order valence-corrected chi connectivity index (χ1v) is 10.2. The molecular weight excluding hydrogens is 366 g/mol. The number of aromatic nitrogens is 4. The van der Waals surface area contributed by atoms with Crippen LogP contribution in [0.5, 0.6) is 0 Å². The molecule has 0 radical (unpaired) electrons. The van der Waals surface area contributed by atoms with Gasteiger partial charge in [0.15, 0.2) is 0 Å². The lowest BCUT2D eigenvalue weighted by Gasteiger charge is -2.41. The molecular formula is C22H25N5O2. The van der Waals surface area contributed by atoms with Gasteiger partial charge in [-0.2, -0.15) is 5.10 Å². The van der Waals surface area contributed by atoms with E-state index in [2.05, 4.69) is 20.0 Å². The fourth-order valence-corrected chi connectivity index (χ4v) is 4.24. The number of Topliss-reactive ketones (excluding diaryl/α,β-unsaturated/α-hetero) is 1. The molecule has 5 rings (SSSR count). The van der Waals surface area contributed by atoms with Crippen molar-refractivity contribution in [2.75, 3.05) is 26.3 Å². The highest BCUT2D eigenvalue weighted by Gasteiger charge is 2.31. The maximum atomic E-state index is 12.8. The Kier molecular flexibility index (Phi) is 4.85. The number of aryl methyl sites for hydroxylation is 1. The van der Waals surface area contributed by atoms with Gasteiger partial charge in [-0.3, -0.25) is 24.3 Å². The van der Waals surface area contributed by atoms with Crippen molar-refractivity contribution in [3.05, 3.63) is 42.6 Å². The van der Waals surface area contributed by atoms with Crippen LogP contribution in [0.4, 0.5) is 0 Å². The number of piperidine rings is 1. The van der Waals surface area contributed by atoms with Crippen LogP contribution in [0.3, 0.4) is 0 Å². The molecule has 2 fully saturated rings. The topological polar surface area (TPSA) is 73.1 Å². The Morgan fingerprint density at radius 3 is 2.59 bits per heavy atom. The van der Waals surface area contributed by atoms with E-state index in [0.29, 0.717) is 18.2 Å². The number of fused-ring (bicyclic) bond motifs is 1. The van der Waals surface area contributed by atoms with E-state index >= 15 is 0 Å². The first-order valence-electron chi connectivity index (χ1n) is 10.2. The van der Waals surface area contributed by atoms with Gasteiger partial charge in [0.25, 0.3) is 0 Å². The van der Waals surface area contributed by atoms with E-state index in [1.165, 1.54) is 0 Å². The van der Waals surface area contributed by atoms with Gasteiger partial charge in [0.05, 0.1) is 31.1 Å². The van der Waals surface area contributed by atoms with Crippen molar-refractivity contribution in [3.8, 4) is 11.3 Å². The first kappa shape index (κ1) is 18.4. The Morgan fingerprint density at radius 2 is 1.90 bits per heavy atom. The monoisotopic (exact) mass is 391 g/mol. The lowest BCUT2D eigenvalue weighted by atomic mass is 9.89. The number of ketones is 1. The molecule has 3 aromatic rings. The van der Waals surface area contributed by atoms with E-state index in [1.54, 1.807) is 4.68 Å². The van der Waals surface area contributed by atoms with Gasteiger partial charge in [0, 0.05) is 54.6 Å². The van der Waals surface area contributed by atoms with Crippen molar-refractivity contribution in [3.63, 3.8) is 0 Å². The van der Waals surface area contributed by atoms with E-state index in [-0.39, 0.29) is 5.92 Å². The van der Waals surface area contributed by atoms with Crippen molar-refractivity contribution in [2.24, 2.45) is 13.0 Å². The molecule has 2 saturated heterocycles. The molecule has 3 aromatic heterocycles. The van der Waals surface area contributed by atoms with Crippen molar-refractivity contribution >= 4 is 16.6 Å². The van der Waals surface area contributed by atoms with Crippen LogP contribution in [0, 0.1) is 5.92 Å². The Labute approximate surface area is 169 Å². The molecule has 0 aromatic carbocycles. The molecule has 0 bridgehead atoms. The maximum absolute atomic E-state index is 12.8. The summed E-state index contributed by atoms with van der Waals surface area (Å²) in [6, 6.07) is 4.63. The molecule has 2 aliphatic heterocycles. The second-order valence-corrected chi connectivity index (χ2v) is 8.14. The number of pyridine rings is 2. The predicted molar refractivity (Wildman–Crippen MR) is 109 cm³/mol. The van der Waals surface area contributed by atoms with Crippen LogP contribution in [0.1, 0.15) is 18.5 Å². The second-order valence-electron chi connectivity index (χ2n) is 8.14. The Morgan fingerprint density at radius 1 is 1.10 bits per heavy atom. The number of nitrogens with zero attached hydrogens (tertiary/aromatic N) is 5. The van der Waals surface area contributed by atoms with Gasteiger partial charge in [0.2, 0.25) is 0 Å². The third-order valence-corrected chi connectivity index (χ3v) is 6.14. The number of carbonyl (C=O) groups excluding carboxylic acids is 1. The van der Waals surface area contributed by atoms with Crippen molar-refractivity contribution in [1.82, 2.24) is 24.6 Å². The molecule has 0 N–H and O–H groups in total. The Hall–Kier alpha value is -2.64. The molecule has 0 aliphatic carbocycles. The molecule has 0 saturated carbocycles. The lowest BCUT2D eigenvalue weighted by Crippen LogP contribution is -2.52. The van der Waals surface area contributed by atoms with E-state index in [9.17, 15) is 4.79 Å². The third kappa shape index (κ3) is 3.80. The fourth-order valence-electron chi connectivity index (χ4n) is 4.24. The molecule has 7 nitrogen and oxygen atoms in total. The van der Waals surface area contributed by atoms with Gasteiger partial charge >= 0.3 is 0 Å². The minimum absolute atomic E-state index is 0.146. The number of ether oxygens (including phenoxy) is 1. The van der Waals surface area contributed by atoms with Crippen molar-refractivity contribution < 1.29 is 9.53 Å². The maximum Gasteiger partial charge on any atom is 0.142 e. The first-order chi connectivity index (χ1) is 14.2. The van der Waals surface area contributed by atoms with Gasteiger partial charge < -0.3 is 4.74 Å². The minimum Gasteiger partial charge on any atom is -0.378 e. The smallest absolute Gasteiger partial charge is 0.142 e. The third-order valence-electron chi connectivity index (χ3n) is 6.14. The van der Waals surface area contributed by atoms with E-state index in [4.69, 9.17) is 4.74 Å². The zero-order valence-electron chi connectivity index (χ0n) is 16.6. The normalized spacial score (nSPS) is 18.8. The summed E-state index contributed by atoms with van der Waals surface area (Å²) in [5.74, 6) is 0.455. The number of likely N-dealkylation sites (tertiary alicyclic amines) is 1.